The normalized spacial score (nSPS) is 24.9. The number of nitrogens with zero attached hydrogens (tertiary/aromatic N) is 2. The van der Waals surface area contributed by atoms with E-state index in [1.807, 2.05) is 0 Å². The van der Waals surface area contributed by atoms with Gasteiger partial charge in [-0.05, 0) is 18.6 Å². The van der Waals surface area contributed by atoms with Crippen molar-refractivity contribution >= 4 is 11.7 Å². The quantitative estimate of drug-likeness (QED) is 0.369. The lowest BCUT2D eigenvalue weighted by molar-refractivity contribution is -0.384. The highest BCUT2D eigenvalue weighted by molar-refractivity contribution is 5.89. The largest absolute Gasteiger partial charge is 0.457 e. The van der Waals surface area contributed by atoms with E-state index in [1.54, 1.807) is 0 Å². The number of fused-ring (bicyclic) bond motifs is 1. The highest BCUT2D eigenvalue weighted by Gasteiger charge is 2.38. The maximum atomic E-state index is 12.0. The Bertz CT molecular complexity index is 580. The molecular formula is C15H16N2O4. The van der Waals surface area contributed by atoms with E-state index in [2.05, 4.69) is 11.5 Å². The second-order valence-electron chi connectivity index (χ2n) is 5.60. The van der Waals surface area contributed by atoms with Crippen LogP contribution in [0.1, 0.15) is 23.2 Å². The third-order valence-corrected chi connectivity index (χ3v) is 4.03. The minimum atomic E-state index is -0.493. The van der Waals surface area contributed by atoms with Crippen LogP contribution in [-0.4, -0.2) is 41.0 Å². The number of carbonyl (C=O) groups excluding carboxylic acids is 1. The summed E-state index contributed by atoms with van der Waals surface area (Å²) in [6.07, 6.45) is 1.70. The van der Waals surface area contributed by atoms with Crippen LogP contribution in [0.4, 0.5) is 5.69 Å². The molecule has 6 heteroatoms. The smallest absolute Gasteiger partial charge is 0.338 e. The van der Waals surface area contributed by atoms with Gasteiger partial charge in [0.2, 0.25) is 0 Å². The maximum Gasteiger partial charge on any atom is 0.338 e. The van der Waals surface area contributed by atoms with Crippen molar-refractivity contribution in [1.29, 1.82) is 0 Å². The first-order chi connectivity index (χ1) is 10.0. The fourth-order valence-corrected chi connectivity index (χ4v) is 3.05. The maximum absolute atomic E-state index is 12.0. The van der Waals surface area contributed by atoms with Gasteiger partial charge < -0.3 is 4.74 Å². The fraction of sp³-hybridized carbons (Fsp3) is 0.400. The molecule has 0 spiro atoms. The molecule has 2 fully saturated rings. The van der Waals surface area contributed by atoms with Gasteiger partial charge in [-0.15, -0.1) is 0 Å². The Balaban J connectivity index is 1.60. The molecule has 0 radical (unpaired) electrons. The average molecular weight is 288 g/mol. The Hall–Kier alpha value is -2.21. The number of hydrogen-bond acceptors (Lipinski definition) is 5. The molecule has 0 unspecified atom stereocenters. The van der Waals surface area contributed by atoms with Crippen LogP contribution in [0.2, 0.25) is 0 Å². The number of benzene rings is 1. The van der Waals surface area contributed by atoms with Crippen molar-refractivity contribution in [3.63, 3.8) is 0 Å². The van der Waals surface area contributed by atoms with E-state index in [-0.39, 0.29) is 11.8 Å². The fourth-order valence-electron chi connectivity index (χ4n) is 3.05. The van der Waals surface area contributed by atoms with E-state index in [4.69, 9.17) is 4.74 Å². The number of nitro groups is 1. The Morgan fingerprint density at radius 1 is 1.38 bits per heavy atom. The molecule has 2 aliphatic rings. The first kappa shape index (κ1) is 13.8. The highest BCUT2D eigenvalue weighted by atomic mass is 16.6. The van der Waals surface area contributed by atoms with Crippen molar-refractivity contribution < 1.29 is 14.5 Å². The topological polar surface area (TPSA) is 72.7 Å². The van der Waals surface area contributed by atoms with Crippen LogP contribution in [0.25, 0.3) is 0 Å². The van der Waals surface area contributed by atoms with Gasteiger partial charge in [0.1, 0.15) is 6.10 Å². The second-order valence-corrected chi connectivity index (χ2v) is 5.60. The summed E-state index contributed by atoms with van der Waals surface area (Å²) in [6, 6.07) is 5.92. The van der Waals surface area contributed by atoms with Crippen LogP contribution in [0.3, 0.4) is 0 Å². The molecule has 110 valence electrons. The Morgan fingerprint density at radius 2 is 2.10 bits per heavy atom. The molecule has 1 aromatic rings. The van der Waals surface area contributed by atoms with Crippen LogP contribution in [0, 0.1) is 10.1 Å². The molecule has 0 aromatic heterocycles. The molecule has 0 bridgehead atoms. The van der Waals surface area contributed by atoms with Gasteiger partial charge in [0.05, 0.1) is 10.5 Å². The number of rotatable bonds is 3. The lowest BCUT2D eigenvalue weighted by Gasteiger charge is -2.14. The Morgan fingerprint density at radius 3 is 2.71 bits per heavy atom. The van der Waals surface area contributed by atoms with Crippen LogP contribution in [-0.2, 0) is 4.74 Å². The van der Waals surface area contributed by atoms with Crippen molar-refractivity contribution in [2.75, 3.05) is 13.1 Å². The molecule has 0 saturated carbocycles. The Labute approximate surface area is 122 Å². The number of hydrogen-bond donors (Lipinski definition) is 0. The highest BCUT2D eigenvalue weighted by Crippen LogP contribution is 2.31. The number of esters is 1. The predicted octanol–water partition coefficient (Wildman–Crippen LogP) is 2.15. The van der Waals surface area contributed by atoms with Gasteiger partial charge in [0.15, 0.2) is 0 Å². The van der Waals surface area contributed by atoms with Crippen LogP contribution >= 0.6 is 0 Å². The van der Waals surface area contributed by atoms with Crippen LogP contribution in [0.15, 0.2) is 36.4 Å². The van der Waals surface area contributed by atoms with Crippen molar-refractivity contribution in [1.82, 2.24) is 4.90 Å². The first-order valence-corrected chi connectivity index (χ1v) is 6.89. The first-order valence-electron chi connectivity index (χ1n) is 6.89. The summed E-state index contributed by atoms with van der Waals surface area (Å²) in [5.41, 5.74) is 1.55. The van der Waals surface area contributed by atoms with E-state index in [1.165, 1.54) is 29.8 Å². The summed E-state index contributed by atoms with van der Waals surface area (Å²) >= 11 is 0. The zero-order valence-electron chi connectivity index (χ0n) is 11.5. The molecule has 6 nitrogen and oxygen atoms in total. The van der Waals surface area contributed by atoms with E-state index < -0.39 is 10.9 Å². The number of non-ortho nitro benzene ring substituents is 1. The molecule has 0 aliphatic carbocycles. The average Bonchev–Trinajstić information content (AvgIpc) is 2.95. The minimum absolute atomic E-state index is 0.0356. The summed E-state index contributed by atoms with van der Waals surface area (Å²) in [5, 5.41) is 10.6. The molecule has 2 heterocycles. The molecule has 1 aromatic carbocycles. The molecule has 2 aliphatic heterocycles. The van der Waals surface area contributed by atoms with Crippen molar-refractivity contribution in [3.8, 4) is 0 Å². The molecule has 0 N–H and O–H groups in total. The summed E-state index contributed by atoms with van der Waals surface area (Å²) in [7, 11) is 0. The van der Waals surface area contributed by atoms with Gasteiger partial charge in [-0.25, -0.2) is 4.79 Å². The second kappa shape index (κ2) is 5.29. The predicted molar refractivity (Wildman–Crippen MR) is 76.0 cm³/mol. The number of nitro benzene ring substituents is 1. The summed E-state index contributed by atoms with van der Waals surface area (Å²) in [5.74, 6) is -0.421. The zero-order chi connectivity index (χ0) is 15.0. The molecule has 0 amide bonds. The summed E-state index contributed by atoms with van der Waals surface area (Å²) < 4.78 is 5.49. The van der Waals surface area contributed by atoms with Crippen LogP contribution in [0.5, 0.6) is 0 Å². The van der Waals surface area contributed by atoms with Crippen LogP contribution < -0.4 is 0 Å². The molecule has 3 rings (SSSR count). The van der Waals surface area contributed by atoms with Crippen molar-refractivity contribution in [2.45, 2.75) is 25.0 Å². The SMILES string of the molecule is C=C1C[C@H]2C[C@@H](OC(=O)c3ccc([N+](=O)[O-])cc3)CN2C1. The van der Waals surface area contributed by atoms with E-state index in [0.717, 1.165) is 25.9 Å². The summed E-state index contributed by atoms with van der Waals surface area (Å²) in [6.45, 7) is 5.61. The monoisotopic (exact) mass is 288 g/mol. The van der Waals surface area contributed by atoms with Gasteiger partial charge in [-0.1, -0.05) is 12.2 Å². The molecule has 2 atom stereocenters. The Kier molecular flexibility index (Phi) is 3.47. The van der Waals surface area contributed by atoms with E-state index >= 15 is 0 Å². The standard InChI is InChI=1S/C15H16N2O4/c1-10-6-13-7-14(9-16(13)8-10)21-15(18)11-2-4-12(5-3-11)17(19)20/h2-5,13-14H,1,6-9H2/t13-,14+/m0/s1. The zero-order valence-corrected chi connectivity index (χ0v) is 11.5. The number of carbonyl (C=O) groups is 1. The van der Waals surface area contributed by atoms with Crippen molar-refractivity contribution in [2.24, 2.45) is 0 Å². The van der Waals surface area contributed by atoms with E-state index in [9.17, 15) is 14.9 Å². The van der Waals surface area contributed by atoms with Gasteiger partial charge in [0, 0.05) is 37.7 Å². The minimum Gasteiger partial charge on any atom is -0.457 e. The van der Waals surface area contributed by atoms with Gasteiger partial charge >= 0.3 is 5.97 Å². The number of ether oxygens (including phenoxy) is 1. The summed E-state index contributed by atoms with van der Waals surface area (Å²) in [4.78, 5) is 24.4. The van der Waals surface area contributed by atoms with Gasteiger partial charge in [-0.2, -0.15) is 0 Å². The lowest BCUT2D eigenvalue weighted by atomic mass is 10.1. The van der Waals surface area contributed by atoms with Gasteiger partial charge in [-0.3, -0.25) is 15.0 Å². The third-order valence-electron chi connectivity index (χ3n) is 4.03. The third kappa shape index (κ3) is 2.80. The molecular weight excluding hydrogens is 272 g/mol. The molecule has 2 saturated heterocycles. The van der Waals surface area contributed by atoms with Gasteiger partial charge in [0.25, 0.3) is 5.69 Å². The van der Waals surface area contributed by atoms with E-state index in [0.29, 0.717) is 11.6 Å². The lowest BCUT2D eigenvalue weighted by Crippen LogP contribution is -2.25. The molecule has 21 heavy (non-hydrogen) atoms. The van der Waals surface area contributed by atoms with Crippen molar-refractivity contribution in [3.05, 3.63) is 52.1 Å².